The van der Waals surface area contributed by atoms with E-state index in [9.17, 15) is 18.0 Å². The largest absolute Gasteiger partial charge is 0.423 e. The van der Waals surface area contributed by atoms with Gasteiger partial charge in [-0.3, -0.25) is 9.10 Å². The number of benzene rings is 3. The Bertz CT molecular complexity index is 1520. The highest BCUT2D eigenvalue weighted by Crippen LogP contribution is 2.43. The molecule has 1 aliphatic rings. The average molecular weight is 420 g/mol. The maximum atomic E-state index is 13.2. The minimum Gasteiger partial charge on any atom is -0.423 e. The second-order valence-electron chi connectivity index (χ2n) is 7.13. The zero-order chi connectivity index (χ0) is 21.0. The number of rotatable bonds is 3. The fourth-order valence-corrected chi connectivity index (χ4v) is 5.61. The summed E-state index contributed by atoms with van der Waals surface area (Å²) >= 11 is 0. The van der Waals surface area contributed by atoms with Gasteiger partial charge in [0.25, 0.3) is 10.0 Å². The highest BCUT2D eigenvalue weighted by atomic mass is 32.2. The molecule has 1 aliphatic heterocycles. The number of nitrogens with one attached hydrogen (secondary N) is 1. The standard InChI is InChI=1S/C22H16N2O5S/c1-13(25)23-16-8-9-17-15(10-21(26)29-19(17)11-16)12-24-18-6-2-4-14-5-3-7-20(22(14)18)30(24,27)28/h2-11H,12H2,1H3,(H,23,25). The molecule has 150 valence electrons. The average Bonchev–Trinajstić information content (AvgIpc) is 2.90. The number of hydrogen-bond donors (Lipinski definition) is 1. The number of sulfonamides is 1. The van der Waals surface area contributed by atoms with Crippen LogP contribution >= 0.6 is 0 Å². The zero-order valence-corrected chi connectivity index (χ0v) is 16.7. The maximum absolute atomic E-state index is 13.2. The molecule has 0 unspecified atom stereocenters. The van der Waals surface area contributed by atoms with Gasteiger partial charge < -0.3 is 9.73 Å². The van der Waals surface area contributed by atoms with Crippen LogP contribution in [-0.4, -0.2) is 14.3 Å². The second-order valence-corrected chi connectivity index (χ2v) is 8.96. The molecule has 0 fully saturated rings. The Hall–Kier alpha value is -3.65. The summed E-state index contributed by atoms with van der Waals surface area (Å²) in [6.45, 7) is 1.37. The number of hydrogen-bond acceptors (Lipinski definition) is 5. The summed E-state index contributed by atoms with van der Waals surface area (Å²) in [5.74, 6) is -0.248. The first-order valence-electron chi connectivity index (χ1n) is 9.23. The minimum atomic E-state index is -3.76. The summed E-state index contributed by atoms with van der Waals surface area (Å²) in [7, 11) is -3.76. The van der Waals surface area contributed by atoms with E-state index < -0.39 is 15.6 Å². The van der Waals surface area contributed by atoms with Crippen molar-refractivity contribution < 1.29 is 17.6 Å². The normalized spacial score (nSPS) is 14.4. The third kappa shape index (κ3) is 2.76. The van der Waals surface area contributed by atoms with Gasteiger partial charge in [-0.05, 0) is 35.2 Å². The van der Waals surface area contributed by atoms with Gasteiger partial charge in [-0.25, -0.2) is 13.2 Å². The van der Waals surface area contributed by atoms with Crippen LogP contribution in [0.1, 0.15) is 12.5 Å². The number of fused-ring (bicyclic) bond motifs is 1. The molecule has 0 bridgehead atoms. The molecule has 0 atom stereocenters. The Morgan fingerprint density at radius 3 is 2.60 bits per heavy atom. The highest BCUT2D eigenvalue weighted by Gasteiger charge is 2.35. The summed E-state index contributed by atoms with van der Waals surface area (Å²) in [6, 6.07) is 16.9. The molecule has 2 heterocycles. The number of nitrogens with zero attached hydrogens (tertiary/aromatic N) is 1. The predicted octanol–water partition coefficient (Wildman–Crippen LogP) is 3.61. The highest BCUT2D eigenvalue weighted by molar-refractivity contribution is 7.93. The van der Waals surface area contributed by atoms with E-state index >= 15 is 0 Å². The minimum absolute atomic E-state index is 0.0162. The van der Waals surface area contributed by atoms with Gasteiger partial charge in [0.15, 0.2) is 0 Å². The van der Waals surface area contributed by atoms with E-state index in [4.69, 9.17) is 4.42 Å². The molecular weight excluding hydrogens is 404 g/mol. The fourth-order valence-electron chi connectivity index (χ4n) is 3.92. The molecule has 0 aliphatic carbocycles. The summed E-state index contributed by atoms with van der Waals surface area (Å²) in [6.07, 6.45) is 0. The van der Waals surface area contributed by atoms with Crippen LogP contribution < -0.4 is 15.2 Å². The van der Waals surface area contributed by atoms with Gasteiger partial charge in [0.1, 0.15) is 5.58 Å². The molecule has 8 heteroatoms. The lowest BCUT2D eigenvalue weighted by Crippen LogP contribution is -2.27. The van der Waals surface area contributed by atoms with Crippen LogP contribution in [-0.2, 0) is 21.4 Å². The molecule has 1 N–H and O–H groups in total. The quantitative estimate of drug-likeness (QED) is 0.511. The molecule has 1 aromatic heterocycles. The first-order chi connectivity index (χ1) is 14.3. The van der Waals surface area contributed by atoms with Crippen LogP contribution in [0.2, 0.25) is 0 Å². The molecule has 3 aromatic carbocycles. The van der Waals surface area contributed by atoms with Crippen LogP contribution in [0.5, 0.6) is 0 Å². The Morgan fingerprint density at radius 1 is 1.07 bits per heavy atom. The molecule has 0 spiro atoms. The lowest BCUT2D eigenvalue weighted by Gasteiger charge is -2.19. The van der Waals surface area contributed by atoms with E-state index in [1.165, 1.54) is 17.3 Å². The van der Waals surface area contributed by atoms with Gasteiger partial charge in [-0.1, -0.05) is 24.3 Å². The zero-order valence-electron chi connectivity index (χ0n) is 15.9. The topological polar surface area (TPSA) is 96.7 Å². The SMILES string of the molecule is CC(=O)Nc1ccc2c(CN3c4cccc5cccc(c45)S3(=O)=O)cc(=O)oc2c1. The molecule has 1 amide bonds. The van der Waals surface area contributed by atoms with Gasteiger partial charge >= 0.3 is 5.63 Å². The number of carbonyl (C=O) groups is 1. The van der Waals surface area contributed by atoms with Gasteiger partial charge in [0.05, 0.1) is 17.1 Å². The molecule has 30 heavy (non-hydrogen) atoms. The van der Waals surface area contributed by atoms with Gasteiger partial charge in [0, 0.05) is 35.5 Å². The van der Waals surface area contributed by atoms with Crippen molar-refractivity contribution in [1.82, 2.24) is 0 Å². The molecule has 4 aromatic rings. The van der Waals surface area contributed by atoms with Gasteiger partial charge in [-0.2, -0.15) is 0 Å². The maximum Gasteiger partial charge on any atom is 0.336 e. The molecule has 0 radical (unpaired) electrons. The van der Waals surface area contributed by atoms with Crippen molar-refractivity contribution in [3.63, 3.8) is 0 Å². The molecule has 0 saturated heterocycles. The van der Waals surface area contributed by atoms with Crippen molar-refractivity contribution in [2.75, 3.05) is 9.62 Å². The van der Waals surface area contributed by atoms with Crippen molar-refractivity contribution >= 4 is 49.0 Å². The van der Waals surface area contributed by atoms with Crippen molar-refractivity contribution in [3.8, 4) is 0 Å². The lowest BCUT2D eigenvalue weighted by atomic mass is 10.1. The molecule has 7 nitrogen and oxygen atoms in total. The third-order valence-corrected chi connectivity index (χ3v) is 6.95. The number of amides is 1. The Balaban J connectivity index is 1.65. The summed E-state index contributed by atoms with van der Waals surface area (Å²) in [5, 5.41) is 4.76. The van der Waals surface area contributed by atoms with Gasteiger partial charge in [-0.15, -0.1) is 0 Å². The number of carbonyl (C=O) groups excluding carboxylic acids is 1. The van der Waals surface area contributed by atoms with E-state index in [-0.39, 0.29) is 22.9 Å². The van der Waals surface area contributed by atoms with Gasteiger partial charge in [0.2, 0.25) is 5.91 Å². The van der Waals surface area contributed by atoms with E-state index in [1.807, 2.05) is 18.2 Å². The summed E-state index contributed by atoms with van der Waals surface area (Å²) in [4.78, 5) is 23.7. The van der Waals surface area contributed by atoms with E-state index in [0.717, 1.165) is 5.39 Å². The smallest absolute Gasteiger partial charge is 0.336 e. The van der Waals surface area contributed by atoms with Crippen molar-refractivity contribution in [2.24, 2.45) is 0 Å². The fraction of sp³-hybridized carbons (Fsp3) is 0.0909. The van der Waals surface area contributed by atoms with Crippen molar-refractivity contribution in [1.29, 1.82) is 0 Å². The summed E-state index contributed by atoms with van der Waals surface area (Å²) in [5.41, 5.74) is 1.27. The molecular formula is C22H16N2O5S. The van der Waals surface area contributed by atoms with Crippen LogP contribution in [0.15, 0.2) is 74.8 Å². The molecule has 5 rings (SSSR count). The Labute approximate surface area is 171 Å². The van der Waals surface area contributed by atoms with Crippen LogP contribution in [0.4, 0.5) is 11.4 Å². The first kappa shape index (κ1) is 18.4. The Morgan fingerprint density at radius 2 is 1.83 bits per heavy atom. The summed E-state index contributed by atoms with van der Waals surface area (Å²) < 4.78 is 33.1. The van der Waals surface area contributed by atoms with E-state index in [2.05, 4.69) is 5.32 Å². The monoisotopic (exact) mass is 420 g/mol. The lowest BCUT2D eigenvalue weighted by molar-refractivity contribution is -0.114. The first-order valence-corrected chi connectivity index (χ1v) is 10.7. The van der Waals surface area contributed by atoms with Crippen LogP contribution in [0.3, 0.4) is 0 Å². The molecule has 0 saturated carbocycles. The number of anilines is 2. The predicted molar refractivity (Wildman–Crippen MR) is 114 cm³/mol. The third-order valence-electron chi connectivity index (χ3n) is 5.15. The van der Waals surface area contributed by atoms with E-state index in [0.29, 0.717) is 27.7 Å². The second kappa shape index (κ2) is 6.43. The van der Waals surface area contributed by atoms with Crippen LogP contribution in [0.25, 0.3) is 21.7 Å². The Kier molecular flexibility index (Phi) is 3.94. The van der Waals surface area contributed by atoms with Crippen molar-refractivity contribution in [2.45, 2.75) is 18.4 Å². The van der Waals surface area contributed by atoms with Crippen LogP contribution in [0, 0.1) is 0 Å². The van der Waals surface area contributed by atoms with E-state index in [1.54, 1.807) is 36.4 Å². The van der Waals surface area contributed by atoms with Crippen molar-refractivity contribution in [3.05, 3.63) is 76.6 Å².